The molecule has 0 bridgehead atoms. The van der Waals surface area contributed by atoms with Crippen LogP contribution in [0.25, 0.3) is 0 Å². The van der Waals surface area contributed by atoms with Crippen LogP contribution < -0.4 is 15.2 Å². The molecule has 1 unspecified atom stereocenters. The normalized spacial score (nSPS) is 13.1. The molecule has 0 radical (unpaired) electrons. The molecule has 0 saturated carbocycles. The van der Waals surface area contributed by atoms with Crippen LogP contribution in [-0.4, -0.2) is 56.2 Å². The second-order valence-electron chi connectivity index (χ2n) is 9.61. The van der Waals surface area contributed by atoms with Gasteiger partial charge in [-0.05, 0) is 49.8 Å². The number of ether oxygens (including phenoxy) is 6. The summed E-state index contributed by atoms with van der Waals surface area (Å²) in [6.45, 7) is 11.3. The van der Waals surface area contributed by atoms with Crippen LogP contribution in [0, 0.1) is 11.8 Å². The topological polar surface area (TPSA) is 150 Å². The number of hydrogen-bond acceptors (Lipinski definition) is 11. The van der Waals surface area contributed by atoms with E-state index >= 15 is 0 Å². The maximum Gasteiger partial charge on any atom is 0.513 e. The smallest absolute Gasteiger partial charge is 0.461 e. The zero-order valence-corrected chi connectivity index (χ0v) is 23.9. The van der Waals surface area contributed by atoms with Gasteiger partial charge < -0.3 is 34.2 Å². The Morgan fingerprint density at radius 2 is 1.36 bits per heavy atom. The molecule has 39 heavy (non-hydrogen) atoms. The Morgan fingerprint density at radius 3 is 1.90 bits per heavy atom. The lowest BCUT2D eigenvalue weighted by atomic mass is 9.98. The van der Waals surface area contributed by atoms with Crippen LogP contribution in [0.15, 0.2) is 18.2 Å². The fourth-order valence-corrected chi connectivity index (χ4v) is 2.94. The van der Waals surface area contributed by atoms with E-state index in [2.05, 4.69) is 0 Å². The van der Waals surface area contributed by atoms with E-state index in [1.807, 2.05) is 27.7 Å². The average Bonchev–Trinajstić information content (AvgIpc) is 2.88. The standard InChI is InChI=1S/C28H43NO10/c1-7-9-13-34-27(32)38-23-12-11-21(16-24(23)39-28(33)35-14-10-8-2)15-22(29)26(31)36-17-19(5)37-25(30)20(6)18(3)4/h11-12,16,18-20,22H,7-10,13-15,17,29H2,1-6H3/t19-,20?,22-/m0/s1. The number of carbonyl (C=O) groups is 4. The average molecular weight is 554 g/mol. The van der Waals surface area contributed by atoms with Crippen molar-refractivity contribution in [1.29, 1.82) is 0 Å². The van der Waals surface area contributed by atoms with Gasteiger partial charge in [0.2, 0.25) is 0 Å². The van der Waals surface area contributed by atoms with Gasteiger partial charge >= 0.3 is 24.2 Å². The first-order chi connectivity index (χ1) is 18.5. The van der Waals surface area contributed by atoms with Crippen LogP contribution in [0.4, 0.5) is 9.59 Å². The van der Waals surface area contributed by atoms with Crippen molar-refractivity contribution in [2.75, 3.05) is 19.8 Å². The van der Waals surface area contributed by atoms with Gasteiger partial charge in [-0.2, -0.15) is 0 Å². The van der Waals surface area contributed by atoms with Gasteiger partial charge in [0.1, 0.15) is 18.8 Å². The highest BCUT2D eigenvalue weighted by atomic mass is 16.7. The summed E-state index contributed by atoms with van der Waals surface area (Å²) in [7, 11) is 0. The molecule has 2 N–H and O–H groups in total. The molecule has 0 spiro atoms. The van der Waals surface area contributed by atoms with Gasteiger partial charge in [0.25, 0.3) is 0 Å². The zero-order valence-electron chi connectivity index (χ0n) is 23.9. The highest BCUT2D eigenvalue weighted by molar-refractivity contribution is 5.76. The molecule has 0 heterocycles. The molecule has 3 atom stereocenters. The number of carbonyl (C=O) groups excluding carboxylic acids is 4. The molecular weight excluding hydrogens is 510 g/mol. The molecular formula is C28H43NO10. The van der Waals surface area contributed by atoms with E-state index in [1.54, 1.807) is 19.9 Å². The molecule has 220 valence electrons. The minimum absolute atomic E-state index is 0.0276. The first kappa shape index (κ1) is 33.7. The summed E-state index contributed by atoms with van der Waals surface area (Å²) in [4.78, 5) is 48.7. The number of esters is 2. The van der Waals surface area contributed by atoms with Crippen LogP contribution in [0.5, 0.6) is 11.5 Å². The maximum absolute atomic E-state index is 12.4. The number of unbranched alkanes of at least 4 members (excludes halogenated alkanes) is 2. The molecule has 1 aromatic carbocycles. The fraction of sp³-hybridized carbons (Fsp3) is 0.643. The predicted molar refractivity (Wildman–Crippen MR) is 142 cm³/mol. The summed E-state index contributed by atoms with van der Waals surface area (Å²) in [5.74, 6) is -1.38. The first-order valence-corrected chi connectivity index (χ1v) is 13.4. The zero-order chi connectivity index (χ0) is 29.4. The van der Waals surface area contributed by atoms with Crippen LogP contribution in [0.1, 0.15) is 72.8 Å². The lowest BCUT2D eigenvalue weighted by molar-refractivity contribution is -0.162. The van der Waals surface area contributed by atoms with Gasteiger partial charge in [-0.25, -0.2) is 9.59 Å². The van der Waals surface area contributed by atoms with E-state index in [-0.39, 0.29) is 55.5 Å². The molecule has 0 amide bonds. The van der Waals surface area contributed by atoms with E-state index < -0.39 is 30.4 Å². The van der Waals surface area contributed by atoms with Crippen LogP contribution in [-0.2, 0) is 35.0 Å². The molecule has 1 rings (SSSR count). The molecule has 1 aromatic rings. The van der Waals surface area contributed by atoms with Gasteiger partial charge in [0.05, 0.1) is 19.1 Å². The van der Waals surface area contributed by atoms with Crippen molar-refractivity contribution in [3.05, 3.63) is 23.8 Å². The third-order valence-corrected chi connectivity index (χ3v) is 5.74. The van der Waals surface area contributed by atoms with Crippen LogP contribution in [0.3, 0.4) is 0 Å². The highest BCUT2D eigenvalue weighted by Crippen LogP contribution is 2.30. The monoisotopic (exact) mass is 553 g/mol. The molecule has 0 aliphatic carbocycles. The minimum atomic E-state index is -1.06. The minimum Gasteiger partial charge on any atom is -0.461 e. The Hall–Kier alpha value is -3.34. The quantitative estimate of drug-likeness (QED) is 0.128. The van der Waals surface area contributed by atoms with Crippen molar-refractivity contribution in [2.45, 2.75) is 85.8 Å². The van der Waals surface area contributed by atoms with Crippen molar-refractivity contribution < 1.29 is 47.6 Å². The van der Waals surface area contributed by atoms with Gasteiger partial charge in [-0.15, -0.1) is 0 Å². The summed E-state index contributed by atoms with van der Waals surface area (Å²) < 4.78 is 31.0. The number of rotatable bonds is 16. The molecule has 11 nitrogen and oxygen atoms in total. The van der Waals surface area contributed by atoms with Crippen molar-refractivity contribution in [3.8, 4) is 11.5 Å². The fourth-order valence-electron chi connectivity index (χ4n) is 2.94. The summed E-state index contributed by atoms with van der Waals surface area (Å²) in [6, 6.07) is 3.33. The maximum atomic E-state index is 12.4. The van der Waals surface area contributed by atoms with Crippen LogP contribution in [0.2, 0.25) is 0 Å². The number of hydrogen-bond donors (Lipinski definition) is 1. The summed E-state index contributed by atoms with van der Waals surface area (Å²) in [6.07, 6.45) is 0.474. The Morgan fingerprint density at radius 1 is 0.795 bits per heavy atom. The lowest BCUT2D eigenvalue weighted by Gasteiger charge is -2.19. The molecule has 0 aliphatic rings. The lowest BCUT2D eigenvalue weighted by Crippen LogP contribution is -2.36. The first-order valence-electron chi connectivity index (χ1n) is 13.4. The second kappa shape index (κ2) is 18.0. The Labute approximate surface area is 230 Å². The van der Waals surface area contributed by atoms with Crippen molar-refractivity contribution in [3.63, 3.8) is 0 Å². The van der Waals surface area contributed by atoms with Crippen molar-refractivity contribution >= 4 is 24.2 Å². The van der Waals surface area contributed by atoms with E-state index in [9.17, 15) is 19.2 Å². The largest absolute Gasteiger partial charge is 0.513 e. The Bertz CT molecular complexity index is 933. The summed E-state index contributed by atoms with van der Waals surface area (Å²) in [5, 5.41) is 0. The van der Waals surface area contributed by atoms with Gasteiger partial charge in [-0.3, -0.25) is 9.59 Å². The van der Waals surface area contributed by atoms with E-state index in [0.717, 1.165) is 12.8 Å². The summed E-state index contributed by atoms with van der Waals surface area (Å²) >= 11 is 0. The summed E-state index contributed by atoms with van der Waals surface area (Å²) in [5.41, 5.74) is 6.53. The van der Waals surface area contributed by atoms with Crippen molar-refractivity contribution in [1.82, 2.24) is 0 Å². The van der Waals surface area contributed by atoms with Gasteiger partial charge in [0.15, 0.2) is 11.5 Å². The molecule has 0 aromatic heterocycles. The predicted octanol–water partition coefficient (Wildman–Crippen LogP) is 4.95. The number of benzene rings is 1. The molecule has 0 saturated heterocycles. The second-order valence-corrected chi connectivity index (χ2v) is 9.61. The van der Waals surface area contributed by atoms with Gasteiger partial charge in [-0.1, -0.05) is 53.5 Å². The third kappa shape index (κ3) is 13.3. The van der Waals surface area contributed by atoms with E-state index in [4.69, 9.17) is 34.2 Å². The van der Waals surface area contributed by atoms with Gasteiger partial charge in [0, 0.05) is 0 Å². The Balaban J connectivity index is 2.83. The molecule has 0 aliphatic heterocycles. The number of nitrogens with two attached hydrogens (primary N) is 1. The van der Waals surface area contributed by atoms with Crippen molar-refractivity contribution in [2.24, 2.45) is 17.6 Å². The highest BCUT2D eigenvalue weighted by Gasteiger charge is 2.23. The third-order valence-electron chi connectivity index (χ3n) is 5.74. The SMILES string of the molecule is CCCCOC(=O)Oc1ccc(C[C@H](N)C(=O)OC[C@H](C)OC(=O)C(C)C(C)C)cc1OC(=O)OCCCC. The van der Waals surface area contributed by atoms with E-state index in [0.29, 0.717) is 18.4 Å². The molecule has 11 heteroatoms. The van der Waals surface area contributed by atoms with Crippen LogP contribution >= 0.6 is 0 Å². The molecule has 0 fully saturated rings. The Kier molecular flexibility index (Phi) is 15.6. The van der Waals surface area contributed by atoms with E-state index in [1.165, 1.54) is 12.1 Å².